The quantitative estimate of drug-likeness (QED) is 0.755. The second-order valence-corrected chi connectivity index (χ2v) is 4.50. The molecule has 2 unspecified atom stereocenters. The molecule has 0 aromatic carbocycles. The number of aliphatic hydroxyl groups is 1. The number of β-amino-alcohol motifs (C(OH)–C–C–N with tert-alkyl or cyclic N) is 1. The number of likely N-dealkylation sites (N-methyl/N-ethyl adjacent to an activating group) is 1. The van der Waals surface area contributed by atoms with Crippen LogP contribution in [0.15, 0.2) is 16.8 Å². The average Bonchev–Trinajstić information content (AvgIpc) is 2.85. The molecule has 1 aliphatic rings. The van der Waals surface area contributed by atoms with Gasteiger partial charge in [-0.05, 0) is 11.4 Å². The number of carbonyl (C=O) groups excluding carboxylic acids is 1. The van der Waals surface area contributed by atoms with E-state index in [1.54, 1.807) is 18.0 Å². The van der Waals surface area contributed by atoms with Gasteiger partial charge in [-0.1, -0.05) is 0 Å². The van der Waals surface area contributed by atoms with E-state index in [0.29, 0.717) is 18.7 Å². The molecule has 2 heterocycles. The Morgan fingerprint density at radius 1 is 1.67 bits per heavy atom. The molecule has 1 aliphatic heterocycles. The first-order valence-electron chi connectivity index (χ1n) is 4.88. The first kappa shape index (κ1) is 10.6. The molecule has 15 heavy (non-hydrogen) atoms. The summed E-state index contributed by atoms with van der Waals surface area (Å²) < 4.78 is 0. The molecule has 1 saturated heterocycles. The minimum Gasteiger partial charge on any atom is -0.390 e. The summed E-state index contributed by atoms with van der Waals surface area (Å²) in [6, 6.07) is 1.69. The van der Waals surface area contributed by atoms with Crippen LogP contribution in [0.25, 0.3) is 0 Å². The zero-order valence-corrected chi connectivity index (χ0v) is 9.33. The molecular formula is C10H14N2O2S. The maximum absolute atomic E-state index is 11.9. The molecule has 0 spiro atoms. The number of aliphatic hydroxyl groups excluding tert-OH is 1. The van der Waals surface area contributed by atoms with Crippen molar-refractivity contribution in [3.05, 3.63) is 22.4 Å². The number of nitrogens with one attached hydrogen (secondary N) is 1. The van der Waals surface area contributed by atoms with E-state index in [2.05, 4.69) is 5.32 Å². The van der Waals surface area contributed by atoms with Crippen LogP contribution in [0, 0.1) is 0 Å². The van der Waals surface area contributed by atoms with Crippen molar-refractivity contribution in [2.45, 2.75) is 12.1 Å². The van der Waals surface area contributed by atoms with Crippen molar-refractivity contribution in [2.24, 2.45) is 0 Å². The molecule has 0 aliphatic carbocycles. The van der Waals surface area contributed by atoms with Gasteiger partial charge in [0.25, 0.3) is 5.91 Å². The fraction of sp³-hybridized carbons (Fsp3) is 0.500. The van der Waals surface area contributed by atoms with Crippen LogP contribution in [0.4, 0.5) is 0 Å². The Balaban J connectivity index is 2.07. The highest BCUT2D eigenvalue weighted by molar-refractivity contribution is 7.08. The van der Waals surface area contributed by atoms with Gasteiger partial charge in [-0.3, -0.25) is 4.79 Å². The van der Waals surface area contributed by atoms with Crippen LogP contribution in [-0.2, 0) is 0 Å². The monoisotopic (exact) mass is 226 g/mol. The lowest BCUT2D eigenvalue weighted by Gasteiger charge is -2.26. The third kappa shape index (κ3) is 2.04. The molecular weight excluding hydrogens is 212 g/mol. The lowest BCUT2D eigenvalue weighted by Crippen LogP contribution is -2.44. The van der Waals surface area contributed by atoms with E-state index in [9.17, 15) is 9.90 Å². The predicted octanol–water partition coefficient (Wildman–Crippen LogP) is 0.153. The minimum absolute atomic E-state index is 0.0241. The summed E-state index contributed by atoms with van der Waals surface area (Å²) >= 11 is 1.50. The van der Waals surface area contributed by atoms with E-state index in [0.717, 1.165) is 0 Å². The third-order valence-corrected chi connectivity index (χ3v) is 3.42. The third-order valence-electron chi connectivity index (χ3n) is 2.74. The molecule has 4 nitrogen and oxygen atoms in total. The van der Waals surface area contributed by atoms with Crippen molar-refractivity contribution in [2.75, 3.05) is 20.1 Å². The van der Waals surface area contributed by atoms with Crippen LogP contribution in [0.2, 0.25) is 0 Å². The van der Waals surface area contributed by atoms with Crippen molar-refractivity contribution in [1.29, 1.82) is 0 Å². The van der Waals surface area contributed by atoms with Crippen molar-refractivity contribution in [3.63, 3.8) is 0 Å². The normalized spacial score (nSPS) is 25.5. The van der Waals surface area contributed by atoms with E-state index >= 15 is 0 Å². The van der Waals surface area contributed by atoms with Gasteiger partial charge in [0.05, 0.1) is 17.7 Å². The molecule has 0 saturated carbocycles. The molecule has 1 amide bonds. The zero-order chi connectivity index (χ0) is 10.8. The molecule has 82 valence electrons. The summed E-state index contributed by atoms with van der Waals surface area (Å²) in [5.74, 6) is -0.0241. The van der Waals surface area contributed by atoms with E-state index < -0.39 is 6.10 Å². The van der Waals surface area contributed by atoms with Crippen LogP contribution < -0.4 is 5.32 Å². The molecule has 5 heteroatoms. The Kier molecular flexibility index (Phi) is 3.04. The van der Waals surface area contributed by atoms with Gasteiger partial charge in [-0.25, -0.2) is 0 Å². The van der Waals surface area contributed by atoms with Crippen LogP contribution in [-0.4, -0.2) is 48.2 Å². The summed E-state index contributed by atoms with van der Waals surface area (Å²) in [4.78, 5) is 13.5. The van der Waals surface area contributed by atoms with E-state index in [4.69, 9.17) is 0 Å². The van der Waals surface area contributed by atoms with Crippen molar-refractivity contribution < 1.29 is 9.90 Å². The maximum atomic E-state index is 11.9. The molecule has 0 radical (unpaired) electrons. The number of hydrogen-bond donors (Lipinski definition) is 2. The predicted molar refractivity (Wildman–Crippen MR) is 59.1 cm³/mol. The smallest absolute Gasteiger partial charge is 0.254 e. The standard InChI is InChI=1S/C10H14N2O2S/c1-12(8-4-11-5-9(8)13)10(14)7-2-3-15-6-7/h2-3,6,8-9,11,13H,4-5H2,1H3. The maximum Gasteiger partial charge on any atom is 0.254 e. The van der Waals surface area contributed by atoms with Gasteiger partial charge in [-0.2, -0.15) is 11.3 Å². The second-order valence-electron chi connectivity index (χ2n) is 3.72. The van der Waals surface area contributed by atoms with Crippen molar-refractivity contribution in [1.82, 2.24) is 10.2 Å². The Labute approximate surface area is 92.5 Å². The highest BCUT2D eigenvalue weighted by atomic mass is 32.1. The Morgan fingerprint density at radius 2 is 2.47 bits per heavy atom. The SMILES string of the molecule is CN(C(=O)c1ccsc1)C1CNCC1O. The largest absolute Gasteiger partial charge is 0.390 e. The van der Waals surface area contributed by atoms with E-state index in [1.165, 1.54) is 11.3 Å². The van der Waals surface area contributed by atoms with Crippen molar-refractivity contribution >= 4 is 17.2 Å². The number of thiophene rings is 1. The van der Waals surface area contributed by atoms with E-state index in [-0.39, 0.29) is 11.9 Å². The molecule has 2 atom stereocenters. The second kappa shape index (κ2) is 4.30. The lowest BCUT2D eigenvalue weighted by atomic mass is 10.1. The minimum atomic E-state index is -0.461. The first-order valence-corrected chi connectivity index (χ1v) is 5.82. The number of hydrogen-bond acceptors (Lipinski definition) is 4. The summed E-state index contributed by atoms with van der Waals surface area (Å²) in [6.07, 6.45) is -0.461. The van der Waals surface area contributed by atoms with Gasteiger partial charge in [0, 0.05) is 25.5 Å². The van der Waals surface area contributed by atoms with Crippen molar-refractivity contribution in [3.8, 4) is 0 Å². The lowest BCUT2D eigenvalue weighted by molar-refractivity contribution is 0.0581. The Bertz CT molecular complexity index is 339. The van der Waals surface area contributed by atoms with Crippen LogP contribution in [0.5, 0.6) is 0 Å². The van der Waals surface area contributed by atoms with Gasteiger partial charge in [0.15, 0.2) is 0 Å². The topological polar surface area (TPSA) is 52.6 Å². The summed E-state index contributed by atoms with van der Waals surface area (Å²) in [6.45, 7) is 1.22. The van der Waals surface area contributed by atoms with Crippen LogP contribution in [0.1, 0.15) is 10.4 Å². The van der Waals surface area contributed by atoms with Gasteiger partial charge in [0.1, 0.15) is 0 Å². The first-order chi connectivity index (χ1) is 7.20. The highest BCUT2D eigenvalue weighted by Crippen LogP contribution is 2.14. The van der Waals surface area contributed by atoms with Crippen LogP contribution >= 0.6 is 11.3 Å². The Morgan fingerprint density at radius 3 is 3.00 bits per heavy atom. The number of nitrogens with zero attached hydrogens (tertiary/aromatic N) is 1. The summed E-state index contributed by atoms with van der Waals surface area (Å²) in [5.41, 5.74) is 0.696. The molecule has 1 aromatic rings. The van der Waals surface area contributed by atoms with Gasteiger partial charge in [-0.15, -0.1) is 0 Å². The summed E-state index contributed by atoms with van der Waals surface area (Å²) in [5, 5.41) is 16.4. The molecule has 1 aromatic heterocycles. The van der Waals surface area contributed by atoms with Gasteiger partial charge in [0.2, 0.25) is 0 Å². The highest BCUT2D eigenvalue weighted by Gasteiger charge is 2.31. The molecule has 1 fully saturated rings. The summed E-state index contributed by atoms with van der Waals surface area (Å²) in [7, 11) is 1.74. The molecule has 2 N–H and O–H groups in total. The number of rotatable bonds is 2. The Hall–Kier alpha value is -0.910. The van der Waals surface area contributed by atoms with Gasteiger partial charge >= 0.3 is 0 Å². The fourth-order valence-electron chi connectivity index (χ4n) is 1.79. The molecule has 2 rings (SSSR count). The number of carbonyl (C=O) groups is 1. The number of amides is 1. The van der Waals surface area contributed by atoms with Crippen LogP contribution in [0.3, 0.4) is 0 Å². The van der Waals surface area contributed by atoms with E-state index in [1.807, 2.05) is 10.8 Å². The fourth-order valence-corrected chi connectivity index (χ4v) is 2.42. The molecule has 0 bridgehead atoms. The average molecular weight is 226 g/mol. The van der Waals surface area contributed by atoms with Gasteiger partial charge < -0.3 is 15.3 Å². The zero-order valence-electron chi connectivity index (χ0n) is 8.51.